The molecule has 0 bridgehead atoms. The molecule has 0 aromatic heterocycles. The van der Waals surface area contributed by atoms with Crippen molar-refractivity contribution in [2.24, 2.45) is 5.92 Å². The third-order valence-electron chi connectivity index (χ3n) is 5.59. The first-order chi connectivity index (χ1) is 13.9. The maximum atomic E-state index is 14.7. The van der Waals surface area contributed by atoms with Crippen LogP contribution in [-0.2, 0) is 21.2 Å². The van der Waals surface area contributed by atoms with Gasteiger partial charge >= 0.3 is 0 Å². The number of aryl methyl sites for hydroxylation is 1. The summed E-state index contributed by atoms with van der Waals surface area (Å²) in [7, 11) is -3.65. The molecule has 8 heteroatoms. The summed E-state index contributed by atoms with van der Waals surface area (Å²) < 4.78 is 42.6. The van der Waals surface area contributed by atoms with Gasteiger partial charge in [0.1, 0.15) is 5.82 Å². The zero-order valence-corrected chi connectivity index (χ0v) is 18.3. The van der Waals surface area contributed by atoms with Crippen LogP contribution in [-0.4, -0.2) is 38.3 Å². The van der Waals surface area contributed by atoms with Crippen molar-refractivity contribution in [1.82, 2.24) is 4.31 Å². The SMILES string of the molecule is O=C(C1CCCN(S(=O)(=O)c2ccccc2)C1)N1CCCc2cc(Br)cc(F)c21. The van der Waals surface area contributed by atoms with Crippen molar-refractivity contribution in [3.8, 4) is 0 Å². The molecule has 154 valence electrons. The standard InChI is InChI=1S/C21H22BrFN2O3S/c22-17-12-15-6-5-11-25(20(15)19(23)13-17)21(26)16-7-4-10-24(14-16)29(27,28)18-8-2-1-3-9-18/h1-3,8-9,12-13,16H,4-7,10-11,14H2. The Bertz CT molecular complexity index is 1030. The minimum Gasteiger partial charge on any atom is -0.309 e. The van der Waals surface area contributed by atoms with Crippen LogP contribution < -0.4 is 4.90 Å². The van der Waals surface area contributed by atoms with Crippen molar-refractivity contribution in [2.45, 2.75) is 30.6 Å². The number of rotatable bonds is 3. The molecule has 1 saturated heterocycles. The van der Waals surface area contributed by atoms with Gasteiger partial charge in [0.25, 0.3) is 0 Å². The lowest BCUT2D eigenvalue weighted by molar-refractivity contribution is -0.123. The molecule has 0 radical (unpaired) electrons. The lowest BCUT2D eigenvalue weighted by Gasteiger charge is -2.36. The highest BCUT2D eigenvalue weighted by molar-refractivity contribution is 9.10. The van der Waals surface area contributed by atoms with Gasteiger partial charge in [-0.1, -0.05) is 34.1 Å². The number of sulfonamides is 1. The third-order valence-corrected chi connectivity index (χ3v) is 7.92. The minimum absolute atomic E-state index is 0.125. The number of anilines is 1. The summed E-state index contributed by atoms with van der Waals surface area (Å²) in [6, 6.07) is 11.5. The molecule has 2 aromatic rings. The van der Waals surface area contributed by atoms with E-state index < -0.39 is 21.8 Å². The average Bonchev–Trinajstić information content (AvgIpc) is 2.73. The number of piperidine rings is 1. The first-order valence-corrected chi connectivity index (χ1v) is 12.0. The summed E-state index contributed by atoms with van der Waals surface area (Å²) >= 11 is 3.31. The lowest BCUT2D eigenvalue weighted by atomic mass is 9.95. The van der Waals surface area contributed by atoms with Crippen LogP contribution in [0.25, 0.3) is 0 Å². The van der Waals surface area contributed by atoms with E-state index in [2.05, 4.69) is 15.9 Å². The van der Waals surface area contributed by atoms with Crippen LogP contribution in [0.4, 0.5) is 10.1 Å². The van der Waals surface area contributed by atoms with Crippen molar-refractivity contribution in [1.29, 1.82) is 0 Å². The monoisotopic (exact) mass is 480 g/mol. The molecule has 0 aliphatic carbocycles. The fourth-order valence-corrected chi connectivity index (χ4v) is 6.22. The predicted octanol–water partition coefficient (Wildman–Crippen LogP) is 3.97. The Labute approximate surface area is 178 Å². The van der Waals surface area contributed by atoms with E-state index in [1.165, 1.54) is 15.3 Å². The molecule has 2 aliphatic rings. The Morgan fingerprint density at radius 2 is 1.86 bits per heavy atom. The predicted molar refractivity (Wildman–Crippen MR) is 113 cm³/mol. The van der Waals surface area contributed by atoms with E-state index in [1.807, 2.05) is 6.07 Å². The van der Waals surface area contributed by atoms with Gasteiger partial charge in [-0.05, 0) is 55.5 Å². The fraction of sp³-hybridized carbons (Fsp3) is 0.381. The molecule has 5 nitrogen and oxygen atoms in total. The van der Waals surface area contributed by atoms with Crippen LogP contribution in [0.1, 0.15) is 24.8 Å². The fourth-order valence-electron chi connectivity index (χ4n) is 4.20. The quantitative estimate of drug-likeness (QED) is 0.667. The molecular weight excluding hydrogens is 459 g/mol. The Morgan fingerprint density at radius 3 is 2.62 bits per heavy atom. The van der Waals surface area contributed by atoms with Crippen molar-refractivity contribution >= 4 is 37.5 Å². The second-order valence-electron chi connectivity index (χ2n) is 7.50. The van der Waals surface area contributed by atoms with Gasteiger partial charge in [-0.25, -0.2) is 12.8 Å². The van der Waals surface area contributed by atoms with Crippen molar-refractivity contribution in [2.75, 3.05) is 24.5 Å². The van der Waals surface area contributed by atoms with Crippen LogP contribution in [0, 0.1) is 11.7 Å². The van der Waals surface area contributed by atoms with Gasteiger partial charge < -0.3 is 4.90 Å². The minimum atomic E-state index is -3.65. The van der Waals surface area contributed by atoms with Gasteiger partial charge in [-0.3, -0.25) is 4.79 Å². The van der Waals surface area contributed by atoms with Crippen molar-refractivity contribution in [3.05, 3.63) is 58.3 Å². The summed E-state index contributed by atoms with van der Waals surface area (Å²) in [4.78, 5) is 15.0. The molecule has 0 saturated carbocycles. The molecule has 2 heterocycles. The van der Waals surface area contributed by atoms with Gasteiger partial charge in [0, 0.05) is 24.1 Å². The van der Waals surface area contributed by atoms with Crippen LogP contribution in [0.15, 0.2) is 51.8 Å². The van der Waals surface area contributed by atoms with Crippen LogP contribution in [0.2, 0.25) is 0 Å². The number of fused-ring (bicyclic) bond motifs is 1. The second-order valence-corrected chi connectivity index (χ2v) is 10.4. The highest BCUT2D eigenvalue weighted by Crippen LogP contribution is 2.35. The summed E-state index contributed by atoms with van der Waals surface area (Å²) in [5.74, 6) is -1.09. The highest BCUT2D eigenvalue weighted by Gasteiger charge is 2.37. The van der Waals surface area contributed by atoms with E-state index >= 15 is 0 Å². The van der Waals surface area contributed by atoms with Crippen molar-refractivity contribution in [3.63, 3.8) is 0 Å². The number of benzene rings is 2. The smallest absolute Gasteiger partial charge is 0.243 e. The lowest BCUT2D eigenvalue weighted by Crippen LogP contribution is -2.48. The Balaban J connectivity index is 1.58. The number of amides is 1. The summed E-state index contributed by atoms with van der Waals surface area (Å²) in [6.07, 6.45) is 2.68. The van der Waals surface area contributed by atoms with Crippen LogP contribution >= 0.6 is 15.9 Å². The molecule has 1 atom stereocenters. The molecule has 2 aromatic carbocycles. The molecule has 1 amide bonds. The number of nitrogens with zero attached hydrogens (tertiary/aromatic N) is 2. The molecular formula is C21H22BrFN2O3S. The third kappa shape index (κ3) is 3.98. The van der Waals surface area contributed by atoms with Crippen LogP contribution in [0.3, 0.4) is 0 Å². The van der Waals surface area contributed by atoms with Gasteiger partial charge in [0.05, 0.1) is 16.5 Å². The zero-order chi connectivity index (χ0) is 20.6. The first-order valence-electron chi connectivity index (χ1n) is 9.72. The highest BCUT2D eigenvalue weighted by atomic mass is 79.9. The molecule has 1 unspecified atom stereocenters. The summed E-state index contributed by atoms with van der Waals surface area (Å²) in [6.45, 7) is 0.964. The molecule has 2 aliphatic heterocycles. The summed E-state index contributed by atoms with van der Waals surface area (Å²) in [5, 5.41) is 0. The van der Waals surface area contributed by atoms with E-state index in [-0.39, 0.29) is 17.3 Å². The van der Waals surface area contributed by atoms with Crippen molar-refractivity contribution < 1.29 is 17.6 Å². The molecule has 1 fully saturated rings. The molecule has 4 rings (SSSR count). The van der Waals surface area contributed by atoms with E-state index in [9.17, 15) is 17.6 Å². The molecule has 0 spiro atoms. The number of carbonyl (C=O) groups is 1. The number of hydrogen-bond donors (Lipinski definition) is 0. The van der Waals surface area contributed by atoms with Gasteiger partial charge in [-0.15, -0.1) is 0 Å². The Morgan fingerprint density at radius 1 is 1.10 bits per heavy atom. The normalized spacial score (nSPS) is 20.3. The largest absolute Gasteiger partial charge is 0.309 e. The van der Waals surface area contributed by atoms with E-state index in [1.54, 1.807) is 30.3 Å². The number of halogens is 2. The number of carbonyl (C=O) groups excluding carboxylic acids is 1. The molecule has 0 N–H and O–H groups in total. The van der Waals surface area contributed by atoms with Gasteiger partial charge in [0.15, 0.2) is 0 Å². The topological polar surface area (TPSA) is 57.7 Å². The number of hydrogen-bond acceptors (Lipinski definition) is 3. The maximum Gasteiger partial charge on any atom is 0.243 e. The van der Waals surface area contributed by atoms with E-state index in [0.29, 0.717) is 42.5 Å². The molecule has 29 heavy (non-hydrogen) atoms. The zero-order valence-electron chi connectivity index (χ0n) is 15.9. The van der Waals surface area contributed by atoms with Gasteiger partial charge in [-0.2, -0.15) is 4.31 Å². The maximum absolute atomic E-state index is 14.7. The first kappa shape index (κ1) is 20.5. The second kappa shape index (κ2) is 8.16. The Kier molecular flexibility index (Phi) is 5.77. The van der Waals surface area contributed by atoms with Crippen LogP contribution in [0.5, 0.6) is 0 Å². The summed E-state index contributed by atoms with van der Waals surface area (Å²) in [5.41, 5.74) is 1.15. The van der Waals surface area contributed by atoms with Gasteiger partial charge in [0.2, 0.25) is 15.9 Å². The van der Waals surface area contributed by atoms with E-state index in [0.717, 1.165) is 12.0 Å². The average molecular weight is 481 g/mol. The Hall–Kier alpha value is -1.77. The van der Waals surface area contributed by atoms with E-state index in [4.69, 9.17) is 0 Å².